The summed E-state index contributed by atoms with van der Waals surface area (Å²) in [6, 6.07) is 16.0. The second kappa shape index (κ2) is 4.94. The molecule has 4 heterocycles. The van der Waals surface area contributed by atoms with Gasteiger partial charge in [-0.2, -0.15) is 11.3 Å². The molecule has 0 amide bonds. The molecule has 0 radical (unpaired) electrons. The van der Waals surface area contributed by atoms with Crippen LogP contribution in [0, 0.1) is 0 Å². The smallest absolute Gasteiger partial charge is 0.315 e. The molecule has 0 bridgehead atoms. The highest BCUT2D eigenvalue weighted by atomic mass is 32.1. The Morgan fingerprint density at radius 3 is 1.52 bits per heavy atom. The molecule has 104 valence electrons. The van der Waals surface area contributed by atoms with E-state index in [2.05, 4.69) is 17.5 Å². The number of furan rings is 3. The zero-order chi connectivity index (χ0) is 14.1. The summed E-state index contributed by atoms with van der Waals surface area (Å²) < 4.78 is 18.7. The highest BCUT2D eigenvalue weighted by Crippen LogP contribution is 2.12. The van der Waals surface area contributed by atoms with Crippen LogP contribution in [0.15, 0.2) is 86.0 Å². The van der Waals surface area contributed by atoms with Crippen molar-refractivity contribution in [3.05, 3.63) is 72.7 Å². The lowest BCUT2D eigenvalue weighted by Gasteiger charge is -2.23. The molecule has 21 heavy (non-hydrogen) atoms. The van der Waals surface area contributed by atoms with Crippen LogP contribution in [0.2, 0.25) is 0 Å². The highest BCUT2D eigenvalue weighted by molar-refractivity contribution is 7.34. The van der Waals surface area contributed by atoms with E-state index < -0.39 is 8.07 Å². The molecule has 0 saturated carbocycles. The Balaban J connectivity index is 2.10. The highest BCUT2D eigenvalue weighted by Gasteiger charge is 2.51. The maximum atomic E-state index is 5.82. The first-order valence-electron chi connectivity index (χ1n) is 6.58. The average molecular weight is 312 g/mol. The number of rotatable bonds is 4. The monoisotopic (exact) mass is 312 g/mol. The first-order chi connectivity index (χ1) is 10.4. The van der Waals surface area contributed by atoms with Gasteiger partial charge in [-0.1, -0.05) is 12.1 Å². The van der Waals surface area contributed by atoms with Crippen molar-refractivity contribution < 1.29 is 13.3 Å². The van der Waals surface area contributed by atoms with E-state index in [4.69, 9.17) is 13.3 Å². The molecule has 0 aliphatic heterocycles. The summed E-state index contributed by atoms with van der Waals surface area (Å²) in [6.07, 6.45) is 5.11. The first-order valence-corrected chi connectivity index (χ1v) is 9.46. The van der Waals surface area contributed by atoms with Gasteiger partial charge in [0.2, 0.25) is 0 Å². The summed E-state index contributed by atoms with van der Waals surface area (Å²) in [5.74, 6) is 0. The van der Waals surface area contributed by atoms with Gasteiger partial charge in [0.1, 0.15) is 16.2 Å². The summed E-state index contributed by atoms with van der Waals surface area (Å²) in [4.78, 5) is 0. The molecule has 0 fully saturated rings. The van der Waals surface area contributed by atoms with Gasteiger partial charge in [-0.3, -0.25) is 0 Å². The molecule has 0 saturated heterocycles. The molecule has 0 spiro atoms. The van der Waals surface area contributed by atoms with Gasteiger partial charge in [0, 0.05) is 4.50 Å². The van der Waals surface area contributed by atoms with Gasteiger partial charge in [0.05, 0.1) is 18.8 Å². The Labute approximate surface area is 126 Å². The summed E-state index contributed by atoms with van der Waals surface area (Å²) >= 11 is 1.71. The van der Waals surface area contributed by atoms with E-state index in [1.165, 1.54) is 4.50 Å². The van der Waals surface area contributed by atoms with E-state index in [0.29, 0.717) is 0 Å². The minimum atomic E-state index is -2.57. The average Bonchev–Trinajstić information content (AvgIpc) is 3.32. The second-order valence-corrected chi connectivity index (χ2v) is 9.49. The van der Waals surface area contributed by atoms with Gasteiger partial charge in [0.25, 0.3) is 0 Å². The van der Waals surface area contributed by atoms with Crippen molar-refractivity contribution >= 4 is 40.1 Å². The number of hydrogen-bond acceptors (Lipinski definition) is 4. The molecule has 4 aromatic rings. The van der Waals surface area contributed by atoms with Crippen LogP contribution in [0.3, 0.4) is 0 Å². The Morgan fingerprint density at radius 2 is 1.19 bits per heavy atom. The van der Waals surface area contributed by atoms with E-state index in [1.54, 1.807) is 30.1 Å². The van der Waals surface area contributed by atoms with Gasteiger partial charge in [-0.15, -0.1) is 0 Å². The van der Waals surface area contributed by atoms with Crippen LogP contribution in [0.1, 0.15) is 0 Å². The van der Waals surface area contributed by atoms with E-state index >= 15 is 0 Å². The van der Waals surface area contributed by atoms with Crippen molar-refractivity contribution in [3.8, 4) is 0 Å². The topological polar surface area (TPSA) is 39.4 Å². The quantitative estimate of drug-likeness (QED) is 0.540. The fourth-order valence-electron chi connectivity index (χ4n) is 2.70. The molecular weight excluding hydrogens is 300 g/mol. The van der Waals surface area contributed by atoms with Crippen molar-refractivity contribution in [2.24, 2.45) is 0 Å². The van der Waals surface area contributed by atoms with Gasteiger partial charge < -0.3 is 13.3 Å². The van der Waals surface area contributed by atoms with Crippen molar-refractivity contribution in [1.29, 1.82) is 0 Å². The standard InChI is InChI=1S/C16H12O3SSi/c1-5-13(17-9-1)21(14-6-2-10-18-14,15-7-3-11-19-15)16-8-4-12-20-16/h1-12H. The Hall–Kier alpha value is -2.24. The molecule has 3 nitrogen and oxygen atoms in total. The lowest BCUT2D eigenvalue weighted by atomic mass is 10.7. The molecule has 0 aliphatic rings. The van der Waals surface area contributed by atoms with Gasteiger partial charge in [-0.25, -0.2) is 0 Å². The van der Waals surface area contributed by atoms with Crippen molar-refractivity contribution in [3.63, 3.8) is 0 Å². The second-order valence-electron chi connectivity index (χ2n) is 4.66. The third-order valence-corrected chi connectivity index (χ3v) is 9.50. The van der Waals surface area contributed by atoms with Gasteiger partial charge in [0.15, 0.2) is 0 Å². The lowest BCUT2D eigenvalue weighted by Crippen LogP contribution is -2.73. The summed E-state index contributed by atoms with van der Waals surface area (Å²) in [5, 5.41) is 4.81. The molecule has 0 N–H and O–H groups in total. The maximum absolute atomic E-state index is 5.82. The third-order valence-electron chi connectivity index (χ3n) is 3.56. The molecule has 0 unspecified atom stereocenters. The zero-order valence-corrected chi connectivity index (χ0v) is 12.9. The summed E-state index contributed by atoms with van der Waals surface area (Å²) in [6.45, 7) is 0. The molecular formula is C16H12O3SSi. The predicted molar refractivity (Wildman–Crippen MR) is 84.7 cm³/mol. The predicted octanol–water partition coefficient (Wildman–Crippen LogP) is 1.90. The van der Waals surface area contributed by atoms with Gasteiger partial charge >= 0.3 is 8.07 Å². The van der Waals surface area contributed by atoms with Crippen molar-refractivity contribution in [1.82, 2.24) is 0 Å². The van der Waals surface area contributed by atoms with Crippen LogP contribution in [0.4, 0.5) is 0 Å². The molecule has 0 aliphatic carbocycles. The Morgan fingerprint density at radius 1 is 0.667 bits per heavy atom. The fourth-order valence-corrected chi connectivity index (χ4v) is 8.55. The van der Waals surface area contributed by atoms with Crippen LogP contribution >= 0.6 is 11.3 Å². The number of thiophene rings is 1. The van der Waals surface area contributed by atoms with Crippen LogP contribution in [0.25, 0.3) is 0 Å². The first kappa shape index (κ1) is 12.5. The van der Waals surface area contributed by atoms with E-state index in [0.717, 1.165) is 16.2 Å². The van der Waals surface area contributed by atoms with E-state index in [-0.39, 0.29) is 0 Å². The van der Waals surface area contributed by atoms with Gasteiger partial charge in [-0.05, 0) is 41.8 Å². The van der Waals surface area contributed by atoms with Crippen LogP contribution < -0.4 is 20.7 Å². The summed E-state index contributed by atoms with van der Waals surface area (Å²) in [5.41, 5.74) is 0. The minimum absolute atomic E-state index is 0.912. The number of hydrogen-bond donors (Lipinski definition) is 0. The summed E-state index contributed by atoms with van der Waals surface area (Å²) in [7, 11) is -2.57. The molecule has 0 atom stereocenters. The molecule has 4 rings (SSSR count). The van der Waals surface area contributed by atoms with Crippen molar-refractivity contribution in [2.45, 2.75) is 0 Å². The molecule has 4 aromatic heterocycles. The van der Waals surface area contributed by atoms with E-state index in [9.17, 15) is 0 Å². The van der Waals surface area contributed by atoms with Crippen LogP contribution in [0.5, 0.6) is 0 Å². The largest absolute Gasteiger partial charge is 0.473 e. The molecule has 0 aromatic carbocycles. The SMILES string of the molecule is c1coc([Si](c2ccco2)(c2ccco2)c2cccs2)c1. The zero-order valence-electron chi connectivity index (χ0n) is 11.1. The van der Waals surface area contributed by atoms with Crippen LogP contribution in [-0.2, 0) is 0 Å². The minimum Gasteiger partial charge on any atom is -0.473 e. The lowest BCUT2D eigenvalue weighted by molar-refractivity contribution is 0.574. The normalized spacial score (nSPS) is 11.8. The fraction of sp³-hybridized carbons (Fsp3) is 0. The Kier molecular flexibility index (Phi) is 2.94. The van der Waals surface area contributed by atoms with Crippen LogP contribution in [-0.4, -0.2) is 8.07 Å². The maximum Gasteiger partial charge on any atom is 0.315 e. The Bertz CT molecular complexity index is 642. The van der Waals surface area contributed by atoms with E-state index in [1.807, 2.05) is 36.4 Å². The van der Waals surface area contributed by atoms with Crippen molar-refractivity contribution in [2.75, 3.05) is 0 Å². The molecule has 5 heteroatoms. The third kappa shape index (κ3) is 1.78.